The molecule has 0 amide bonds. The fourth-order valence-corrected chi connectivity index (χ4v) is 1.31. The lowest BCUT2D eigenvalue weighted by Crippen LogP contribution is -2.15. The molecule has 0 heterocycles. The number of rotatable bonds is 2. The Balaban J connectivity index is 2.99. The molecule has 0 aliphatic rings. The van der Waals surface area contributed by atoms with Crippen molar-refractivity contribution in [2.24, 2.45) is 0 Å². The van der Waals surface area contributed by atoms with Gasteiger partial charge in [-0.25, -0.2) is 0 Å². The van der Waals surface area contributed by atoms with Crippen LogP contribution in [0.1, 0.15) is 19.4 Å². The topological polar surface area (TPSA) is 9.23 Å². The number of hydrogen-bond donors (Lipinski definition) is 0. The van der Waals surface area contributed by atoms with Crippen molar-refractivity contribution in [2.75, 3.05) is 7.11 Å². The smallest absolute Gasteiger partial charge is 0.457 e. The number of benzene rings is 1. The molecule has 17 heavy (non-hydrogen) atoms. The monoisotopic (exact) mass is 242 g/mol. The van der Waals surface area contributed by atoms with E-state index in [4.69, 9.17) is 4.74 Å². The van der Waals surface area contributed by atoms with E-state index in [9.17, 15) is 13.2 Å². The Kier molecular flexibility index (Phi) is 3.72. The third-order valence-electron chi connectivity index (χ3n) is 2.33. The van der Waals surface area contributed by atoms with Gasteiger partial charge >= 0.3 is 6.18 Å². The van der Waals surface area contributed by atoms with Crippen LogP contribution in [0.2, 0.25) is 0 Å². The Hall–Kier alpha value is -1.63. The molecule has 92 valence electrons. The second-order valence-corrected chi connectivity index (χ2v) is 4.10. The summed E-state index contributed by atoms with van der Waals surface area (Å²) in [5.41, 5.74) is -0.128. The molecule has 0 aromatic heterocycles. The van der Waals surface area contributed by atoms with Crippen molar-refractivity contribution >= 4 is 0 Å². The summed E-state index contributed by atoms with van der Waals surface area (Å²) in [4.78, 5) is 0. The van der Waals surface area contributed by atoms with Crippen molar-refractivity contribution in [1.82, 2.24) is 0 Å². The van der Waals surface area contributed by atoms with Crippen LogP contribution in [0.5, 0.6) is 5.75 Å². The third-order valence-corrected chi connectivity index (χ3v) is 2.33. The van der Waals surface area contributed by atoms with Gasteiger partial charge in [0.25, 0.3) is 0 Å². The van der Waals surface area contributed by atoms with Crippen LogP contribution in [0, 0.1) is 11.8 Å². The molecular formula is C13H13F3O. The van der Waals surface area contributed by atoms with Gasteiger partial charge in [0.05, 0.1) is 12.5 Å². The fourth-order valence-electron chi connectivity index (χ4n) is 1.31. The van der Waals surface area contributed by atoms with Crippen molar-refractivity contribution in [2.45, 2.75) is 25.4 Å². The van der Waals surface area contributed by atoms with Crippen LogP contribution in [0.15, 0.2) is 24.3 Å². The second-order valence-electron chi connectivity index (χ2n) is 4.10. The summed E-state index contributed by atoms with van der Waals surface area (Å²) in [7, 11) is 1.53. The largest absolute Gasteiger partial charge is 0.497 e. The van der Waals surface area contributed by atoms with Crippen LogP contribution >= 0.6 is 0 Å². The number of ether oxygens (including phenoxy) is 1. The molecule has 1 nitrogen and oxygen atoms in total. The Morgan fingerprint density at radius 3 is 1.94 bits per heavy atom. The normalized spacial score (nSPS) is 11.6. The average Bonchev–Trinajstić information content (AvgIpc) is 2.26. The van der Waals surface area contributed by atoms with Crippen LogP contribution in [-0.2, 0) is 5.41 Å². The van der Waals surface area contributed by atoms with E-state index in [1.807, 2.05) is 0 Å². The van der Waals surface area contributed by atoms with Crippen molar-refractivity contribution in [3.8, 4) is 17.6 Å². The molecule has 0 N–H and O–H groups in total. The van der Waals surface area contributed by atoms with Crippen LogP contribution in [0.4, 0.5) is 13.2 Å². The summed E-state index contributed by atoms with van der Waals surface area (Å²) in [5, 5.41) is 0. The maximum Gasteiger partial charge on any atom is 0.457 e. The van der Waals surface area contributed by atoms with Crippen LogP contribution in [0.25, 0.3) is 0 Å². The van der Waals surface area contributed by atoms with E-state index >= 15 is 0 Å². The van der Waals surface area contributed by atoms with Crippen LogP contribution in [0.3, 0.4) is 0 Å². The zero-order valence-corrected chi connectivity index (χ0v) is 9.85. The minimum Gasteiger partial charge on any atom is -0.497 e. The standard InChI is InChI=1S/C13H13F3O/c1-12(2,8-9-13(14,15)16)10-4-6-11(17-3)7-5-10/h4-7H,1-3H3. The van der Waals surface area contributed by atoms with Crippen LogP contribution < -0.4 is 4.74 Å². The maximum absolute atomic E-state index is 12.0. The van der Waals surface area contributed by atoms with Gasteiger partial charge in [-0.3, -0.25) is 0 Å². The Labute approximate surface area is 98.6 Å². The van der Waals surface area contributed by atoms with Gasteiger partial charge < -0.3 is 4.74 Å². The second kappa shape index (κ2) is 4.70. The first-order valence-corrected chi connectivity index (χ1v) is 5.00. The summed E-state index contributed by atoms with van der Waals surface area (Å²) in [6.07, 6.45) is -4.45. The van der Waals surface area contributed by atoms with Crippen LogP contribution in [-0.4, -0.2) is 13.3 Å². The highest BCUT2D eigenvalue weighted by atomic mass is 19.4. The lowest BCUT2D eigenvalue weighted by atomic mass is 9.85. The highest BCUT2D eigenvalue weighted by Crippen LogP contribution is 2.25. The van der Waals surface area contributed by atoms with Gasteiger partial charge in [0.15, 0.2) is 0 Å². The van der Waals surface area contributed by atoms with E-state index in [0.29, 0.717) is 5.75 Å². The SMILES string of the molecule is COc1ccc(C(C)(C)C#CC(F)(F)F)cc1. The number of halogens is 3. The zero-order chi connectivity index (χ0) is 13.1. The molecule has 0 radical (unpaired) electrons. The molecule has 0 bridgehead atoms. The van der Waals surface area contributed by atoms with E-state index in [1.165, 1.54) is 13.0 Å². The highest BCUT2D eigenvalue weighted by molar-refractivity contribution is 5.37. The predicted octanol–water partition coefficient (Wildman–Crippen LogP) is 3.54. The van der Waals surface area contributed by atoms with Gasteiger partial charge in [-0.15, -0.1) is 0 Å². The van der Waals surface area contributed by atoms with Gasteiger partial charge in [0.1, 0.15) is 5.75 Å². The summed E-state index contributed by atoms with van der Waals surface area (Å²) < 4.78 is 41.1. The van der Waals surface area contributed by atoms with Crippen molar-refractivity contribution in [3.05, 3.63) is 29.8 Å². The molecule has 0 aliphatic carbocycles. The molecule has 0 saturated carbocycles. The molecule has 0 aliphatic heterocycles. The van der Waals surface area contributed by atoms with E-state index in [1.54, 1.807) is 38.1 Å². The van der Waals surface area contributed by atoms with Gasteiger partial charge in [-0.1, -0.05) is 18.1 Å². The Morgan fingerprint density at radius 2 is 1.53 bits per heavy atom. The quantitative estimate of drug-likeness (QED) is 0.721. The minimum absolute atomic E-state index is 0.660. The molecular weight excluding hydrogens is 229 g/mol. The fraction of sp³-hybridized carbons (Fsp3) is 0.385. The molecule has 1 rings (SSSR count). The lowest BCUT2D eigenvalue weighted by Gasteiger charge is -2.18. The zero-order valence-electron chi connectivity index (χ0n) is 9.85. The summed E-state index contributed by atoms with van der Waals surface area (Å²) >= 11 is 0. The van der Waals surface area contributed by atoms with Gasteiger partial charge in [0, 0.05) is 5.92 Å². The van der Waals surface area contributed by atoms with Gasteiger partial charge in [-0.2, -0.15) is 13.2 Å². The molecule has 1 aromatic carbocycles. The minimum atomic E-state index is -4.45. The van der Waals surface area contributed by atoms with E-state index < -0.39 is 11.6 Å². The molecule has 4 heteroatoms. The van der Waals surface area contributed by atoms with Crippen molar-refractivity contribution in [1.29, 1.82) is 0 Å². The summed E-state index contributed by atoms with van der Waals surface area (Å²) in [5.74, 6) is 4.21. The van der Waals surface area contributed by atoms with Crippen molar-refractivity contribution in [3.63, 3.8) is 0 Å². The Morgan fingerprint density at radius 1 is 1.00 bits per heavy atom. The first kappa shape index (κ1) is 13.4. The van der Waals surface area contributed by atoms with E-state index in [-0.39, 0.29) is 0 Å². The molecule has 0 fully saturated rings. The van der Waals surface area contributed by atoms with E-state index in [0.717, 1.165) is 5.56 Å². The summed E-state index contributed by atoms with van der Waals surface area (Å²) in [6, 6.07) is 6.83. The molecule has 0 unspecified atom stereocenters. The summed E-state index contributed by atoms with van der Waals surface area (Å²) in [6.45, 7) is 3.29. The number of hydrogen-bond acceptors (Lipinski definition) is 1. The molecule has 1 aromatic rings. The average molecular weight is 242 g/mol. The maximum atomic E-state index is 12.0. The number of alkyl halides is 3. The van der Waals surface area contributed by atoms with Gasteiger partial charge in [-0.05, 0) is 31.5 Å². The first-order valence-electron chi connectivity index (χ1n) is 5.00. The Bertz CT molecular complexity index is 432. The molecule has 0 saturated heterocycles. The molecule has 0 atom stereocenters. The van der Waals surface area contributed by atoms with E-state index in [2.05, 4.69) is 5.92 Å². The van der Waals surface area contributed by atoms with Crippen molar-refractivity contribution < 1.29 is 17.9 Å². The van der Waals surface area contributed by atoms with Gasteiger partial charge in [0.2, 0.25) is 0 Å². The predicted molar refractivity (Wildman–Crippen MR) is 59.9 cm³/mol. The third kappa shape index (κ3) is 4.03. The highest BCUT2D eigenvalue weighted by Gasteiger charge is 2.25. The first-order chi connectivity index (χ1) is 7.74. The lowest BCUT2D eigenvalue weighted by molar-refractivity contribution is -0.0698. The molecule has 0 spiro atoms. The number of methoxy groups -OCH3 is 1.